The molecule has 2 saturated heterocycles. The van der Waals surface area contributed by atoms with Gasteiger partial charge in [0.05, 0.1) is 5.69 Å². The highest BCUT2D eigenvalue weighted by Gasteiger charge is 2.21. The lowest BCUT2D eigenvalue weighted by Gasteiger charge is -2.37. The predicted octanol–water partition coefficient (Wildman–Crippen LogP) is 2.17. The quantitative estimate of drug-likeness (QED) is 0.271. The number of hydrogen-bond acceptors (Lipinski definition) is 4. The lowest BCUT2D eigenvalue weighted by atomic mass is 10.2. The maximum absolute atomic E-state index is 14.0. The van der Waals surface area contributed by atoms with E-state index in [2.05, 4.69) is 37.0 Å². The van der Waals surface area contributed by atoms with E-state index in [1.165, 1.54) is 45.2 Å². The number of benzene rings is 1. The first kappa shape index (κ1) is 24.1. The largest absolute Gasteiger partial charge is 0.366 e. The minimum Gasteiger partial charge on any atom is -0.366 e. The Labute approximate surface area is 192 Å². The fraction of sp³-hybridized carbons (Fsp3) is 0.667. The van der Waals surface area contributed by atoms with Crippen LogP contribution in [0.15, 0.2) is 29.3 Å². The van der Waals surface area contributed by atoms with E-state index in [0.717, 1.165) is 45.1 Å². The van der Waals surface area contributed by atoms with Crippen LogP contribution in [0, 0.1) is 5.82 Å². The maximum Gasteiger partial charge on any atom is 0.193 e. The van der Waals surface area contributed by atoms with Crippen molar-refractivity contribution in [2.45, 2.75) is 12.8 Å². The number of para-hydroxylation sites is 1. The molecule has 1 N–H and O–H groups in total. The number of rotatable bonds is 6. The van der Waals surface area contributed by atoms with Crippen molar-refractivity contribution in [1.82, 2.24) is 20.0 Å². The normalized spacial score (nSPS) is 19.2. The summed E-state index contributed by atoms with van der Waals surface area (Å²) in [7, 11) is 4.04. The summed E-state index contributed by atoms with van der Waals surface area (Å²) >= 11 is 0. The van der Waals surface area contributed by atoms with Gasteiger partial charge in [0.25, 0.3) is 0 Å². The fourth-order valence-electron chi connectivity index (χ4n) is 3.93. The number of hydrogen-bond donors (Lipinski definition) is 1. The topological polar surface area (TPSA) is 37.4 Å². The van der Waals surface area contributed by atoms with E-state index in [1.54, 1.807) is 6.07 Å². The Morgan fingerprint density at radius 1 is 1.00 bits per heavy atom. The first-order valence-corrected chi connectivity index (χ1v) is 10.5. The predicted molar refractivity (Wildman–Crippen MR) is 130 cm³/mol. The zero-order valence-corrected chi connectivity index (χ0v) is 20.1. The van der Waals surface area contributed by atoms with Crippen molar-refractivity contribution >= 4 is 35.6 Å². The van der Waals surface area contributed by atoms with Gasteiger partial charge >= 0.3 is 0 Å². The van der Waals surface area contributed by atoms with Crippen LogP contribution in [0.5, 0.6) is 0 Å². The second-order valence-corrected chi connectivity index (χ2v) is 7.75. The molecular weight excluding hydrogens is 482 g/mol. The van der Waals surface area contributed by atoms with Crippen LogP contribution in [-0.4, -0.2) is 100 Å². The van der Waals surface area contributed by atoms with Crippen LogP contribution in [0.25, 0.3) is 0 Å². The van der Waals surface area contributed by atoms with Gasteiger partial charge in [0, 0.05) is 66.0 Å². The molecule has 0 spiro atoms. The van der Waals surface area contributed by atoms with Crippen LogP contribution >= 0.6 is 24.0 Å². The second-order valence-electron chi connectivity index (χ2n) is 7.75. The molecule has 2 aliphatic rings. The summed E-state index contributed by atoms with van der Waals surface area (Å²) in [5, 5.41) is 3.51. The van der Waals surface area contributed by atoms with Crippen LogP contribution in [0.2, 0.25) is 0 Å². The van der Waals surface area contributed by atoms with E-state index in [-0.39, 0.29) is 29.8 Å². The van der Waals surface area contributed by atoms with E-state index in [9.17, 15) is 4.39 Å². The Balaban J connectivity index is 0.00000300. The number of nitrogens with zero attached hydrogens (tertiary/aromatic N) is 5. The minimum absolute atomic E-state index is 0. The maximum atomic E-state index is 14.0. The third-order valence-electron chi connectivity index (χ3n) is 5.76. The van der Waals surface area contributed by atoms with Crippen molar-refractivity contribution in [1.29, 1.82) is 0 Å². The Kier molecular flexibility index (Phi) is 10.4. The molecule has 2 heterocycles. The van der Waals surface area contributed by atoms with Gasteiger partial charge in [0.15, 0.2) is 5.96 Å². The monoisotopic (exact) mass is 518 g/mol. The van der Waals surface area contributed by atoms with Gasteiger partial charge in [-0.1, -0.05) is 12.1 Å². The smallest absolute Gasteiger partial charge is 0.193 e. The molecule has 0 radical (unpaired) electrons. The van der Waals surface area contributed by atoms with Gasteiger partial charge in [-0.25, -0.2) is 4.39 Å². The van der Waals surface area contributed by atoms with Crippen molar-refractivity contribution < 1.29 is 4.39 Å². The molecule has 0 aromatic heterocycles. The molecule has 1 aromatic rings. The highest BCUT2D eigenvalue weighted by Crippen LogP contribution is 2.20. The number of aliphatic imine (C=N–C) groups is 1. The standard InChI is InChI=1S/C21H35FN6.HI/c1-23-21(24-9-5-6-10-26-13-11-25(2)12-14-26)28-17-15-27(16-18-28)20-8-4-3-7-19(20)22;/h3-4,7-8H,5-6,9-18H2,1-2H3,(H,23,24);1H. The van der Waals surface area contributed by atoms with Crippen LogP contribution in [0.1, 0.15) is 12.8 Å². The highest BCUT2D eigenvalue weighted by atomic mass is 127. The van der Waals surface area contributed by atoms with E-state index in [1.807, 2.05) is 19.2 Å². The first-order valence-electron chi connectivity index (χ1n) is 10.5. The van der Waals surface area contributed by atoms with Gasteiger partial charge in [-0.15, -0.1) is 24.0 Å². The molecule has 0 unspecified atom stereocenters. The van der Waals surface area contributed by atoms with Gasteiger partial charge in [-0.05, 0) is 38.6 Å². The summed E-state index contributed by atoms with van der Waals surface area (Å²) in [6, 6.07) is 7.03. The molecule has 3 rings (SSSR count). The third kappa shape index (κ3) is 7.25. The summed E-state index contributed by atoms with van der Waals surface area (Å²) in [5.41, 5.74) is 0.703. The van der Waals surface area contributed by atoms with Gasteiger partial charge in [0.2, 0.25) is 0 Å². The van der Waals surface area contributed by atoms with Crippen LogP contribution < -0.4 is 10.2 Å². The molecule has 0 bridgehead atoms. The number of nitrogens with one attached hydrogen (secondary N) is 1. The van der Waals surface area contributed by atoms with E-state index >= 15 is 0 Å². The SMILES string of the molecule is CN=C(NCCCCN1CCN(C)CC1)N1CCN(c2ccccc2F)CC1.I. The van der Waals surface area contributed by atoms with Crippen molar-refractivity contribution in [3.63, 3.8) is 0 Å². The average Bonchev–Trinajstić information content (AvgIpc) is 2.73. The molecule has 2 aliphatic heterocycles. The zero-order chi connectivity index (χ0) is 19.8. The summed E-state index contributed by atoms with van der Waals surface area (Å²) in [5.74, 6) is 0.826. The van der Waals surface area contributed by atoms with Crippen molar-refractivity contribution in [2.24, 2.45) is 4.99 Å². The van der Waals surface area contributed by atoms with Crippen LogP contribution in [0.4, 0.5) is 10.1 Å². The molecule has 0 amide bonds. The molecule has 0 atom stereocenters. The number of guanidine groups is 1. The molecule has 2 fully saturated rings. The zero-order valence-electron chi connectivity index (χ0n) is 17.8. The lowest BCUT2D eigenvalue weighted by Crippen LogP contribution is -2.52. The Morgan fingerprint density at radius 3 is 2.34 bits per heavy atom. The van der Waals surface area contributed by atoms with Gasteiger partial charge in [0.1, 0.15) is 5.82 Å². The number of halogens is 2. The number of anilines is 1. The lowest BCUT2D eigenvalue weighted by molar-refractivity contribution is 0.152. The average molecular weight is 518 g/mol. The van der Waals surface area contributed by atoms with Gasteiger partial charge < -0.3 is 24.9 Å². The molecule has 1 aromatic carbocycles. The molecule has 0 aliphatic carbocycles. The van der Waals surface area contributed by atoms with Crippen LogP contribution in [-0.2, 0) is 0 Å². The molecule has 6 nitrogen and oxygen atoms in total. The minimum atomic E-state index is -0.140. The Hall–Kier alpha value is -1.13. The van der Waals surface area contributed by atoms with Gasteiger partial charge in [-0.2, -0.15) is 0 Å². The van der Waals surface area contributed by atoms with Crippen molar-refractivity contribution in [3.05, 3.63) is 30.1 Å². The van der Waals surface area contributed by atoms with Crippen LogP contribution in [0.3, 0.4) is 0 Å². The first-order chi connectivity index (χ1) is 13.7. The summed E-state index contributed by atoms with van der Waals surface area (Å²) < 4.78 is 14.0. The molecule has 8 heteroatoms. The summed E-state index contributed by atoms with van der Waals surface area (Å²) in [6.07, 6.45) is 2.37. The second kappa shape index (κ2) is 12.5. The summed E-state index contributed by atoms with van der Waals surface area (Å²) in [4.78, 5) is 13.8. The molecular formula is C21H36FIN6. The fourth-order valence-corrected chi connectivity index (χ4v) is 3.93. The van der Waals surface area contributed by atoms with E-state index in [4.69, 9.17) is 0 Å². The van der Waals surface area contributed by atoms with E-state index in [0.29, 0.717) is 5.69 Å². The van der Waals surface area contributed by atoms with E-state index < -0.39 is 0 Å². The Morgan fingerprint density at radius 2 is 1.69 bits per heavy atom. The number of piperazine rings is 2. The molecule has 29 heavy (non-hydrogen) atoms. The van der Waals surface area contributed by atoms with Crippen molar-refractivity contribution in [2.75, 3.05) is 84.4 Å². The van der Waals surface area contributed by atoms with Crippen molar-refractivity contribution in [3.8, 4) is 0 Å². The summed E-state index contributed by atoms with van der Waals surface area (Å²) in [6.45, 7) is 10.2. The number of unbranched alkanes of at least 4 members (excludes halogenated alkanes) is 1. The number of likely N-dealkylation sites (N-methyl/N-ethyl adjacent to an activating group) is 1. The van der Waals surface area contributed by atoms with Gasteiger partial charge in [-0.3, -0.25) is 4.99 Å². The highest BCUT2D eigenvalue weighted by molar-refractivity contribution is 14.0. The molecule has 164 valence electrons. The molecule has 0 saturated carbocycles. The Bertz CT molecular complexity index is 627. The third-order valence-corrected chi connectivity index (χ3v) is 5.76.